The van der Waals surface area contributed by atoms with Crippen LogP contribution in [0.25, 0.3) is 0 Å². The molecule has 2 rings (SSSR count). The van der Waals surface area contributed by atoms with Crippen molar-refractivity contribution in [2.75, 3.05) is 27.3 Å². The molecule has 1 heterocycles. The zero-order valence-electron chi connectivity index (χ0n) is 10.7. The first-order valence-corrected chi connectivity index (χ1v) is 6.27. The maximum atomic E-state index is 5.79. The van der Waals surface area contributed by atoms with Crippen molar-refractivity contribution in [2.45, 2.75) is 25.3 Å². The van der Waals surface area contributed by atoms with E-state index in [2.05, 4.69) is 11.9 Å². The van der Waals surface area contributed by atoms with E-state index in [0.29, 0.717) is 6.04 Å². The van der Waals surface area contributed by atoms with E-state index in [0.717, 1.165) is 24.5 Å². The Balaban J connectivity index is 1.81. The molecular formula is C14H21NO2. The summed E-state index contributed by atoms with van der Waals surface area (Å²) < 4.78 is 11.0. The van der Waals surface area contributed by atoms with Crippen LogP contribution in [0.4, 0.5) is 0 Å². The Kier molecular flexibility index (Phi) is 4.26. The number of methoxy groups -OCH3 is 1. The van der Waals surface area contributed by atoms with Crippen molar-refractivity contribution in [2.24, 2.45) is 0 Å². The van der Waals surface area contributed by atoms with Gasteiger partial charge in [-0.25, -0.2) is 0 Å². The predicted octanol–water partition coefficient (Wildman–Crippen LogP) is 2.56. The van der Waals surface area contributed by atoms with Crippen LogP contribution in [0.2, 0.25) is 0 Å². The SMILES string of the molecule is COc1ccccc1OCCC1CCCN1C. The van der Waals surface area contributed by atoms with Crippen molar-refractivity contribution in [3.05, 3.63) is 24.3 Å². The fourth-order valence-corrected chi connectivity index (χ4v) is 2.39. The molecule has 0 aromatic heterocycles. The van der Waals surface area contributed by atoms with Crippen LogP contribution >= 0.6 is 0 Å². The molecule has 1 unspecified atom stereocenters. The molecule has 17 heavy (non-hydrogen) atoms. The molecule has 0 radical (unpaired) electrons. The zero-order chi connectivity index (χ0) is 12.1. The van der Waals surface area contributed by atoms with E-state index in [1.54, 1.807) is 7.11 Å². The second kappa shape index (κ2) is 5.92. The maximum Gasteiger partial charge on any atom is 0.161 e. The molecule has 1 aromatic rings. The van der Waals surface area contributed by atoms with Crippen LogP contribution < -0.4 is 9.47 Å². The molecular weight excluding hydrogens is 214 g/mol. The van der Waals surface area contributed by atoms with Crippen molar-refractivity contribution in [3.63, 3.8) is 0 Å². The Bertz CT molecular complexity index is 354. The number of likely N-dealkylation sites (tertiary alicyclic amines) is 1. The minimum absolute atomic E-state index is 0.685. The monoisotopic (exact) mass is 235 g/mol. The molecule has 1 aliphatic rings. The molecule has 3 nitrogen and oxygen atoms in total. The highest BCUT2D eigenvalue weighted by Crippen LogP contribution is 2.26. The van der Waals surface area contributed by atoms with Crippen molar-refractivity contribution in [3.8, 4) is 11.5 Å². The molecule has 94 valence electrons. The van der Waals surface area contributed by atoms with E-state index >= 15 is 0 Å². The third-order valence-electron chi connectivity index (χ3n) is 3.45. The van der Waals surface area contributed by atoms with Gasteiger partial charge < -0.3 is 14.4 Å². The molecule has 1 atom stereocenters. The van der Waals surface area contributed by atoms with E-state index in [-0.39, 0.29) is 0 Å². The standard InChI is InChI=1S/C14H21NO2/c1-15-10-5-6-12(15)9-11-17-14-8-4-3-7-13(14)16-2/h3-4,7-8,12H,5-6,9-11H2,1-2H3. The molecule has 0 amide bonds. The number of rotatable bonds is 5. The minimum Gasteiger partial charge on any atom is -0.493 e. The van der Waals surface area contributed by atoms with Crippen LogP contribution in [0.1, 0.15) is 19.3 Å². The summed E-state index contributed by atoms with van der Waals surface area (Å²) in [7, 11) is 3.87. The smallest absolute Gasteiger partial charge is 0.161 e. The first-order chi connectivity index (χ1) is 8.31. The van der Waals surface area contributed by atoms with Gasteiger partial charge in [0.15, 0.2) is 11.5 Å². The van der Waals surface area contributed by atoms with E-state index in [9.17, 15) is 0 Å². The van der Waals surface area contributed by atoms with E-state index in [4.69, 9.17) is 9.47 Å². The third-order valence-corrected chi connectivity index (χ3v) is 3.45. The summed E-state index contributed by atoms with van der Waals surface area (Å²) in [5.74, 6) is 1.66. The highest BCUT2D eigenvalue weighted by Gasteiger charge is 2.20. The van der Waals surface area contributed by atoms with Gasteiger partial charge in [-0.2, -0.15) is 0 Å². The number of para-hydroxylation sites is 2. The number of nitrogens with zero attached hydrogens (tertiary/aromatic N) is 1. The lowest BCUT2D eigenvalue weighted by molar-refractivity contribution is 0.227. The fourth-order valence-electron chi connectivity index (χ4n) is 2.39. The Morgan fingerprint density at radius 2 is 2.06 bits per heavy atom. The molecule has 0 spiro atoms. The van der Waals surface area contributed by atoms with Crippen molar-refractivity contribution in [1.29, 1.82) is 0 Å². The zero-order valence-corrected chi connectivity index (χ0v) is 10.7. The Morgan fingerprint density at radius 1 is 1.29 bits per heavy atom. The van der Waals surface area contributed by atoms with Crippen molar-refractivity contribution in [1.82, 2.24) is 4.90 Å². The second-order valence-corrected chi connectivity index (χ2v) is 4.56. The molecule has 1 saturated heterocycles. The van der Waals surface area contributed by atoms with Crippen LogP contribution in [0.5, 0.6) is 11.5 Å². The van der Waals surface area contributed by atoms with Gasteiger partial charge in [-0.1, -0.05) is 12.1 Å². The van der Waals surface area contributed by atoms with Gasteiger partial charge in [0.05, 0.1) is 13.7 Å². The molecule has 0 aliphatic carbocycles. The molecule has 0 saturated carbocycles. The van der Waals surface area contributed by atoms with Gasteiger partial charge in [0, 0.05) is 6.04 Å². The van der Waals surface area contributed by atoms with Crippen LogP contribution in [-0.4, -0.2) is 38.3 Å². The summed E-state index contributed by atoms with van der Waals surface area (Å²) in [6.07, 6.45) is 3.70. The lowest BCUT2D eigenvalue weighted by atomic mass is 10.1. The molecule has 3 heteroatoms. The molecule has 1 fully saturated rings. The number of ether oxygens (including phenoxy) is 2. The molecule has 1 aromatic carbocycles. The Hall–Kier alpha value is -1.22. The lowest BCUT2D eigenvalue weighted by Gasteiger charge is -2.19. The highest BCUT2D eigenvalue weighted by molar-refractivity contribution is 5.39. The minimum atomic E-state index is 0.685. The van der Waals surface area contributed by atoms with Crippen LogP contribution in [0.15, 0.2) is 24.3 Å². The topological polar surface area (TPSA) is 21.7 Å². The summed E-state index contributed by atoms with van der Waals surface area (Å²) in [6.45, 7) is 1.98. The quantitative estimate of drug-likeness (QED) is 0.783. The fraction of sp³-hybridized carbons (Fsp3) is 0.571. The van der Waals surface area contributed by atoms with Gasteiger partial charge >= 0.3 is 0 Å². The van der Waals surface area contributed by atoms with E-state index in [1.807, 2.05) is 24.3 Å². The average Bonchev–Trinajstić information content (AvgIpc) is 2.76. The average molecular weight is 235 g/mol. The second-order valence-electron chi connectivity index (χ2n) is 4.56. The van der Waals surface area contributed by atoms with Gasteiger partial charge in [0.25, 0.3) is 0 Å². The molecule has 0 N–H and O–H groups in total. The van der Waals surface area contributed by atoms with Gasteiger partial charge in [0.2, 0.25) is 0 Å². The first-order valence-electron chi connectivity index (χ1n) is 6.27. The number of hydrogen-bond donors (Lipinski definition) is 0. The number of benzene rings is 1. The van der Waals surface area contributed by atoms with Crippen LogP contribution in [-0.2, 0) is 0 Å². The van der Waals surface area contributed by atoms with Gasteiger partial charge in [-0.05, 0) is 45.0 Å². The van der Waals surface area contributed by atoms with Gasteiger partial charge in [-0.15, -0.1) is 0 Å². The third kappa shape index (κ3) is 3.13. The largest absolute Gasteiger partial charge is 0.493 e. The summed E-state index contributed by atoms with van der Waals surface area (Å²) in [6, 6.07) is 8.49. The normalized spacial score (nSPS) is 20.5. The predicted molar refractivity (Wildman–Crippen MR) is 68.8 cm³/mol. The van der Waals surface area contributed by atoms with Crippen molar-refractivity contribution >= 4 is 0 Å². The van der Waals surface area contributed by atoms with E-state index in [1.165, 1.54) is 19.4 Å². The first kappa shape index (κ1) is 12.2. The Labute approximate surface area is 103 Å². The van der Waals surface area contributed by atoms with Crippen LogP contribution in [0, 0.1) is 0 Å². The lowest BCUT2D eigenvalue weighted by Crippen LogP contribution is -2.26. The van der Waals surface area contributed by atoms with Crippen LogP contribution in [0.3, 0.4) is 0 Å². The van der Waals surface area contributed by atoms with E-state index < -0.39 is 0 Å². The molecule has 0 bridgehead atoms. The summed E-state index contributed by atoms with van der Waals surface area (Å²) >= 11 is 0. The number of hydrogen-bond acceptors (Lipinski definition) is 3. The summed E-state index contributed by atoms with van der Waals surface area (Å²) in [5.41, 5.74) is 0. The summed E-state index contributed by atoms with van der Waals surface area (Å²) in [4.78, 5) is 2.42. The van der Waals surface area contributed by atoms with Crippen molar-refractivity contribution < 1.29 is 9.47 Å². The molecule has 1 aliphatic heterocycles. The summed E-state index contributed by atoms with van der Waals surface area (Å²) in [5, 5.41) is 0. The highest BCUT2D eigenvalue weighted by atomic mass is 16.5. The maximum absolute atomic E-state index is 5.79. The van der Waals surface area contributed by atoms with Gasteiger partial charge in [-0.3, -0.25) is 0 Å². The Morgan fingerprint density at radius 3 is 2.71 bits per heavy atom. The van der Waals surface area contributed by atoms with Gasteiger partial charge in [0.1, 0.15) is 0 Å².